The Labute approximate surface area is 90.5 Å². The SMILES string of the molecule is CC(C)OCCN1C=CCC1S(=O)(=O)O. The maximum Gasteiger partial charge on any atom is 0.286 e. The quantitative estimate of drug-likeness (QED) is 0.715. The van der Waals surface area contributed by atoms with Crippen molar-refractivity contribution in [3.63, 3.8) is 0 Å². The van der Waals surface area contributed by atoms with Crippen molar-refractivity contribution in [2.24, 2.45) is 0 Å². The van der Waals surface area contributed by atoms with Crippen molar-refractivity contribution in [2.45, 2.75) is 31.7 Å². The van der Waals surface area contributed by atoms with E-state index in [0.717, 1.165) is 0 Å². The van der Waals surface area contributed by atoms with Gasteiger partial charge in [0, 0.05) is 13.0 Å². The molecule has 0 amide bonds. The molecular weight excluding hydrogens is 218 g/mol. The molecule has 0 aromatic rings. The van der Waals surface area contributed by atoms with E-state index in [-0.39, 0.29) is 6.10 Å². The summed E-state index contributed by atoms with van der Waals surface area (Å²) in [5, 5.41) is -0.840. The molecule has 0 aromatic heterocycles. The van der Waals surface area contributed by atoms with E-state index >= 15 is 0 Å². The molecule has 1 aliphatic heterocycles. The predicted molar refractivity (Wildman–Crippen MR) is 56.9 cm³/mol. The van der Waals surface area contributed by atoms with Crippen molar-refractivity contribution in [1.29, 1.82) is 0 Å². The Morgan fingerprint density at radius 3 is 2.80 bits per heavy atom. The second kappa shape index (κ2) is 4.96. The third kappa shape index (κ3) is 3.81. The van der Waals surface area contributed by atoms with Gasteiger partial charge in [-0.25, -0.2) is 0 Å². The minimum atomic E-state index is -3.99. The van der Waals surface area contributed by atoms with Gasteiger partial charge in [-0.3, -0.25) is 4.55 Å². The molecule has 15 heavy (non-hydrogen) atoms. The highest BCUT2D eigenvalue weighted by atomic mass is 32.2. The first kappa shape index (κ1) is 12.5. The standard InChI is InChI=1S/C9H17NO4S/c1-8(2)14-7-6-10-5-3-4-9(10)15(11,12)13/h3,5,8-9H,4,6-7H2,1-2H3,(H,11,12,13). The van der Waals surface area contributed by atoms with Crippen molar-refractivity contribution in [3.05, 3.63) is 12.3 Å². The smallest absolute Gasteiger partial charge is 0.286 e. The fourth-order valence-electron chi connectivity index (χ4n) is 1.45. The van der Waals surface area contributed by atoms with Gasteiger partial charge in [-0.1, -0.05) is 6.08 Å². The molecule has 0 bridgehead atoms. The van der Waals surface area contributed by atoms with Crippen LogP contribution in [0.1, 0.15) is 20.3 Å². The zero-order chi connectivity index (χ0) is 11.5. The second-order valence-electron chi connectivity index (χ2n) is 3.75. The van der Waals surface area contributed by atoms with Crippen LogP contribution in [0.4, 0.5) is 0 Å². The van der Waals surface area contributed by atoms with E-state index in [0.29, 0.717) is 19.6 Å². The topological polar surface area (TPSA) is 66.8 Å². The van der Waals surface area contributed by atoms with Crippen LogP contribution in [0, 0.1) is 0 Å². The molecule has 5 nitrogen and oxygen atoms in total. The molecule has 88 valence electrons. The maximum atomic E-state index is 11.0. The molecule has 0 saturated heterocycles. The van der Waals surface area contributed by atoms with Crippen molar-refractivity contribution >= 4 is 10.1 Å². The monoisotopic (exact) mass is 235 g/mol. The highest BCUT2D eigenvalue weighted by molar-refractivity contribution is 7.86. The van der Waals surface area contributed by atoms with Gasteiger partial charge in [-0.15, -0.1) is 0 Å². The summed E-state index contributed by atoms with van der Waals surface area (Å²) in [6.45, 7) is 4.76. The van der Waals surface area contributed by atoms with Crippen LogP contribution < -0.4 is 0 Å². The molecule has 1 rings (SSSR count). The average molecular weight is 235 g/mol. The fraction of sp³-hybridized carbons (Fsp3) is 0.778. The lowest BCUT2D eigenvalue weighted by atomic mass is 10.4. The average Bonchev–Trinajstić information content (AvgIpc) is 2.50. The molecule has 1 heterocycles. The second-order valence-corrected chi connectivity index (χ2v) is 5.32. The zero-order valence-corrected chi connectivity index (χ0v) is 9.77. The zero-order valence-electron chi connectivity index (χ0n) is 8.96. The van der Waals surface area contributed by atoms with Gasteiger partial charge in [0.1, 0.15) is 0 Å². The van der Waals surface area contributed by atoms with Crippen LogP contribution in [-0.4, -0.2) is 42.5 Å². The first-order valence-electron chi connectivity index (χ1n) is 4.91. The molecular formula is C9H17NO4S. The van der Waals surface area contributed by atoms with Crippen molar-refractivity contribution < 1.29 is 17.7 Å². The molecule has 6 heteroatoms. The van der Waals surface area contributed by atoms with Gasteiger partial charge < -0.3 is 9.64 Å². The lowest BCUT2D eigenvalue weighted by molar-refractivity contribution is 0.0662. The van der Waals surface area contributed by atoms with Crippen molar-refractivity contribution in [2.75, 3.05) is 13.2 Å². The van der Waals surface area contributed by atoms with Gasteiger partial charge >= 0.3 is 0 Å². The van der Waals surface area contributed by atoms with Crippen LogP contribution in [0.2, 0.25) is 0 Å². The van der Waals surface area contributed by atoms with Crippen molar-refractivity contribution in [1.82, 2.24) is 4.90 Å². The Bertz CT molecular complexity index is 323. The molecule has 0 radical (unpaired) electrons. The van der Waals surface area contributed by atoms with E-state index in [9.17, 15) is 8.42 Å². The van der Waals surface area contributed by atoms with Crippen LogP contribution in [0.3, 0.4) is 0 Å². The van der Waals surface area contributed by atoms with Crippen LogP contribution in [-0.2, 0) is 14.9 Å². The number of hydrogen-bond donors (Lipinski definition) is 1. The largest absolute Gasteiger partial charge is 0.377 e. The van der Waals surface area contributed by atoms with Crippen LogP contribution in [0.15, 0.2) is 12.3 Å². The number of ether oxygens (including phenoxy) is 1. The molecule has 0 fully saturated rings. The van der Waals surface area contributed by atoms with Crippen LogP contribution in [0.5, 0.6) is 0 Å². The van der Waals surface area contributed by atoms with Gasteiger partial charge in [-0.05, 0) is 20.0 Å². The van der Waals surface area contributed by atoms with Gasteiger partial charge in [-0.2, -0.15) is 8.42 Å². The maximum absolute atomic E-state index is 11.0. The Morgan fingerprint density at radius 2 is 2.27 bits per heavy atom. The predicted octanol–water partition coefficient (Wildman–Crippen LogP) is 0.845. The minimum absolute atomic E-state index is 0.126. The molecule has 0 aliphatic carbocycles. The molecule has 0 aromatic carbocycles. The first-order chi connectivity index (χ1) is 6.91. The van der Waals surface area contributed by atoms with Gasteiger partial charge in [0.05, 0.1) is 12.7 Å². The summed E-state index contributed by atoms with van der Waals surface area (Å²) in [6.07, 6.45) is 3.87. The summed E-state index contributed by atoms with van der Waals surface area (Å²) >= 11 is 0. The summed E-state index contributed by atoms with van der Waals surface area (Å²) in [6, 6.07) is 0. The third-order valence-corrected chi connectivity index (χ3v) is 3.30. The van der Waals surface area contributed by atoms with E-state index in [2.05, 4.69) is 0 Å². The molecule has 0 saturated carbocycles. The molecule has 1 atom stereocenters. The van der Waals surface area contributed by atoms with E-state index < -0.39 is 15.5 Å². The lowest BCUT2D eigenvalue weighted by Gasteiger charge is -2.23. The van der Waals surface area contributed by atoms with E-state index in [1.54, 1.807) is 17.2 Å². The van der Waals surface area contributed by atoms with Gasteiger partial charge in [0.15, 0.2) is 5.37 Å². The third-order valence-electron chi connectivity index (χ3n) is 2.15. The highest BCUT2D eigenvalue weighted by Gasteiger charge is 2.29. The van der Waals surface area contributed by atoms with E-state index in [1.165, 1.54) is 0 Å². The molecule has 1 N–H and O–H groups in total. The molecule has 1 unspecified atom stereocenters. The Hall–Kier alpha value is -0.590. The van der Waals surface area contributed by atoms with Gasteiger partial charge in [0.25, 0.3) is 10.1 Å². The summed E-state index contributed by atoms with van der Waals surface area (Å²) < 4.78 is 36.2. The van der Waals surface area contributed by atoms with Crippen LogP contribution in [0.25, 0.3) is 0 Å². The Morgan fingerprint density at radius 1 is 1.60 bits per heavy atom. The number of rotatable bonds is 5. The number of nitrogens with zero attached hydrogens (tertiary/aromatic N) is 1. The fourth-order valence-corrected chi connectivity index (χ4v) is 2.32. The van der Waals surface area contributed by atoms with Gasteiger partial charge in [0.2, 0.25) is 0 Å². The molecule has 1 aliphatic rings. The lowest BCUT2D eigenvalue weighted by Crippen LogP contribution is -2.36. The van der Waals surface area contributed by atoms with E-state index in [1.807, 2.05) is 13.8 Å². The molecule has 0 spiro atoms. The minimum Gasteiger partial charge on any atom is -0.377 e. The first-order valence-corrected chi connectivity index (χ1v) is 6.42. The summed E-state index contributed by atoms with van der Waals surface area (Å²) in [4.78, 5) is 1.58. The van der Waals surface area contributed by atoms with Crippen molar-refractivity contribution in [3.8, 4) is 0 Å². The Kier molecular flexibility index (Phi) is 4.12. The number of hydrogen-bond acceptors (Lipinski definition) is 4. The summed E-state index contributed by atoms with van der Waals surface area (Å²) in [5.41, 5.74) is 0. The normalized spacial score (nSPS) is 21.6. The highest BCUT2D eigenvalue weighted by Crippen LogP contribution is 2.18. The van der Waals surface area contributed by atoms with E-state index in [4.69, 9.17) is 9.29 Å². The Balaban J connectivity index is 2.44. The summed E-state index contributed by atoms with van der Waals surface area (Å²) in [5.74, 6) is 0. The summed E-state index contributed by atoms with van der Waals surface area (Å²) in [7, 11) is -3.99. The van der Waals surface area contributed by atoms with Crippen LogP contribution >= 0.6 is 0 Å².